The maximum Gasteiger partial charge on any atom is 0.101 e. The highest BCUT2D eigenvalue weighted by molar-refractivity contribution is 5.45. The summed E-state index contributed by atoms with van der Waals surface area (Å²) in [5, 5.41) is 2.50. The summed E-state index contributed by atoms with van der Waals surface area (Å²) in [6.45, 7) is 12.6. The van der Waals surface area contributed by atoms with Crippen LogP contribution in [0.1, 0.15) is 71.8 Å². The molecular formula is C24H43N2O+. The molecule has 1 saturated heterocycles. The van der Waals surface area contributed by atoms with E-state index in [1.165, 1.54) is 49.9 Å². The van der Waals surface area contributed by atoms with Crippen molar-refractivity contribution in [2.24, 2.45) is 11.3 Å². The van der Waals surface area contributed by atoms with Crippen LogP contribution in [0.15, 0.2) is 24.3 Å². The van der Waals surface area contributed by atoms with Gasteiger partial charge in [0.2, 0.25) is 0 Å². The minimum atomic E-state index is 0.0806. The van der Waals surface area contributed by atoms with Crippen LogP contribution < -0.4 is 10.2 Å². The number of hydrogen-bond donors (Lipinski definition) is 1. The van der Waals surface area contributed by atoms with Crippen molar-refractivity contribution in [1.29, 1.82) is 0 Å². The van der Waals surface area contributed by atoms with E-state index >= 15 is 0 Å². The lowest BCUT2D eigenvalue weighted by atomic mass is 9.67. The van der Waals surface area contributed by atoms with Crippen molar-refractivity contribution in [3.8, 4) is 0 Å². The average Bonchev–Trinajstić information content (AvgIpc) is 2.64. The minimum absolute atomic E-state index is 0.0806. The molecule has 1 aliphatic heterocycles. The van der Waals surface area contributed by atoms with Crippen LogP contribution in [-0.2, 0) is 11.3 Å². The summed E-state index contributed by atoms with van der Waals surface area (Å²) in [6.07, 6.45) is 7.60. The van der Waals surface area contributed by atoms with Crippen molar-refractivity contribution in [2.75, 3.05) is 32.1 Å². The second-order valence-corrected chi connectivity index (χ2v) is 9.60. The molecule has 1 aromatic rings. The first-order valence-corrected chi connectivity index (χ1v) is 11.0. The van der Waals surface area contributed by atoms with Gasteiger partial charge in [-0.3, -0.25) is 0 Å². The van der Waals surface area contributed by atoms with Crippen LogP contribution >= 0.6 is 0 Å². The van der Waals surface area contributed by atoms with Crippen molar-refractivity contribution in [2.45, 2.75) is 78.4 Å². The molecule has 0 radical (unpaired) electrons. The Morgan fingerprint density at radius 1 is 1.15 bits per heavy atom. The maximum atomic E-state index is 6.17. The number of quaternary nitrogens is 1. The lowest BCUT2D eigenvalue weighted by Crippen LogP contribution is -2.83. The fourth-order valence-electron chi connectivity index (χ4n) is 4.43. The number of nitrogens with zero attached hydrogens (tertiary/aromatic N) is 1. The van der Waals surface area contributed by atoms with Gasteiger partial charge < -0.3 is 15.0 Å². The summed E-state index contributed by atoms with van der Waals surface area (Å²) >= 11 is 0. The van der Waals surface area contributed by atoms with Gasteiger partial charge in [-0.05, 0) is 56.1 Å². The fraction of sp³-hybridized carbons (Fsp3) is 0.750. The van der Waals surface area contributed by atoms with Gasteiger partial charge in [-0.25, -0.2) is 0 Å². The monoisotopic (exact) mass is 375 g/mol. The molecule has 154 valence electrons. The minimum Gasteiger partial charge on any atom is -0.378 e. The molecule has 0 amide bonds. The lowest BCUT2D eigenvalue weighted by Gasteiger charge is -2.46. The molecule has 1 heterocycles. The van der Waals surface area contributed by atoms with E-state index in [4.69, 9.17) is 4.74 Å². The third kappa shape index (κ3) is 6.80. The normalized spacial score (nSPS) is 25.7. The number of rotatable bonds is 10. The first kappa shape index (κ1) is 22.2. The molecule has 3 heteroatoms. The molecule has 1 aromatic carbocycles. The highest BCUT2D eigenvalue weighted by Gasteiger charge is 2.42. The van der Waals surface area contributed by atoms with E-state index in [1.807, 2.05) is 0 Å². The second-order valence-electron chi connectivity index (χ2n) is 9.60. The Labute approximate surface area is 167 Å². The first-order chi connectivity index (χ1) is 12.8. The summed E-state index contributed by atoms with van der Waals surface area (Å²) in [5.41, 5.74) is 3.24. The van der Waals surface area contributed by atoms with Gasteiger partial charge in [0.05, 0.1) is 12.1 Å². The van der Waals surface area contributed by atoms with Gasteiger partial charge in [0.15, 0.2) is 0 Å². The van der Waals surface area contributed by atoms with E-state index in [2.05, 4.69) is 76.3 Å². The van der Waals surface area contributed by atoms with Crippen LogP contribution in [0.4, 0.5) is 5.69 Å². The number of benzene rings is 1. The fourth-order valence-corrected chi connectivity index (χ4v) is 4.43. The van der Waals surface area contributed by atoms with E-state index in [9.17, 15) is 0 Å². The first-order valence-electron chi connectivity index (χ1n) is 11.0. The molecule has 2 atom stereocenters. The average molecular weight is 376 g/mol. The van der Waals surface area contributed by atoms with Crippen LogP contribution in [0.5, 0.6) is 0 Å². The van der Waals surface area contributed by atoms with Crippen LogP contribution in [0.2, 0.25) is 0 Å². The summed E-state index contributed by atoms with van der Waals surface area (Å²) in [4.78, 5) is 2.15. The topological polar surface area (TPSA) is 29.1 Å². The Morgan fingerprint density at radius 2 is 1.85 bits per heavy atom. The van der Waals surface area contributed by atoms with E-state index in [0.717, 1.165) is 25.5 Å². The Morgan fingerprint density at radius 3 is 2.44 bits per heavy atom. The van der Waals surface area contributed by atoms with Gasteiger partial charge in [0.1, 0.15) is 6.54 Å². The third-order valence-corrected chi connectivity index (χ3v) is 6.54. The largest absolute Gasteiger partial charge is 0.378 e. The standard InChI is InChI=1S/C24H42N2O/c1-7-23(4)19-24(15-17-27-23,13-12-20(2)3)14-16-25-18-21-8-10-22(11-9-21)26(5)6/h8-11,20,25H,7,12-19H2,1-6H3/p+1/t23-,24-/m1/s1. The van der Waals surface area contributed by atoms with Gasteiger partial charge in [0, 0.05) is 38.4 Å². The summed E-state index contributed by atoms with van der Waals surface area (Å²) < 4.78 is 6.17. The zero-order chi connectivity index (χ0) is 19.9. The molecule has 0 spiro atoms. The van der Waals surface area contributed by atoms with Crippen molar-refractivity contribution in [3.05, 3.63) is 29.8 Å². The SMILES string of the molecule is CC[C@]1(C)C[C@@](CC[NH2+]Cc2ccc(N(C)C)cc2)(CCC(C)C)CCO1. The highest BCUT2D eigenvalue weighted by Crippen LogP contribution is 2.46. The van der Waals surface area contributed by atoms with Crippen molar-refractivity contribution in [3.63, 3.8) is 0 Å². The van der Waals surface area contributed by atoms with E-state index in [0.29, 0.717) is 5.41 Å². The molecule has 0 aliphatic carbocycles. The summed E-state index contributed by atoms with van der Waals surface area (Å²) in [7, 11) is 4.19. The second kappa shape index (κ2) is 9.93. The van der Waals surface area contributed by atoms with Crippen molar-refractivity contribution < 1.29 is 10.1 Å². The van der Waals surface area contributed by atoms with Gasteiger partial charge in [-0.15, -0.1) is 0 Å². The summed E-state index contributed by atoms with van der Waals surface area (Å²) in [6, 6.07) is 8.98. The van der Waals surface area contributed by atoms with E-state index < -0.39 is 0 Å². The highest BCUT2D eigenvalue weighted by atomic mass is 16.5. The molecule has 2 rings (SSSR count). The molecule has 0 aromatic heterocycles. The maximum absolute atomic E-state index is 6.17. The predicted octanol–water partition coefficient (Wildman–Crippen LogP) is 4.61. The Balaban J connectivity index is 1.89. The molecule has 27 heavy (non-hydrogen) atoms. The molecule has 0 unspecified atom stereocenters. The van der Waals surface area contributed by atoms with Crippen LogP contribution in [-0.4, -0.2) is 32.8 Å². The lowest BCUT2D eigenvalue weighted by molar-refractivity contribution is -0.672. The summed E-state index contributed by atoms with van der Waals surface area (Å²) in [5.74, 6) is 0.789. The number of hydrogen-bond acceptors (Lipinski definition) is 2. The predicted molar refractivity (Wildman–Crippen MR) is 116 cm³/mol. The van der Waals surface area contributed by atoms with Gasteiger partial charge in [-0.1, -0.05) is 39.3 Å². The number of anilines is 1. The van der Waals surface area contributed by atoms with Crippen LogP contribution in [0, 0.1) is 11.3 Å². The zero-order valence-electron chi connectivity index (χ0n) is 18.7. The molecule has 2 N–H and O–H groups in total. The Kier molecular flexibility index (Phi) is 8.18. The number of nitrogens with two attached hydrogens (primary N) is 1. The molecular weight excluding hydrogens is 332 g/mol. The van der Waals surface area contributed by atoms with Crippen LogP contribution in [0.25, 0.3) is 0 Å². The van der Waals surface area contributed by atoms with Crippen molar-refractivity contribution >= 4 is 5.69 Å². The third-order valence-electron chi connectivity index (χ3n) is 6.54. The van der Waals surface area contributed by atoms with Gasteiger partial charge in [0.25, 0.3) is 0 Å². The van der Waals surface area contributed by atoms with Crippen LogP contribution in [0.3, 0.4) is 0 Å². The Hall–Kier alpha value is -1.06. The Bertz CT molecular complexity index is 554. The molecule has 1 aliphatic rings. The molecule has 0 bridgehead atoms. The van der Waals surface area contributed by atoms with Gasteiger partial charge >= 0.3 is 0 Å². The van der Waals surface area contributed by atoms with E-state index in [1.54, 1.807) is 0 Å². The van der Waals surface area contributed by atoms with Gasteiger partial charge in [-0.2, -0.15) is 0 Å². The molecule has 3 nitrogen and oxygen atoms in total. The zero-order valence-corrected chi connectivity index (χ0v) is 18.7. The van der Waals surface area contributed by atoms with Crippen molar-refractivity contribution in [1.82, 2.24) is 0 Å². The number of ether oxygens (including phenoxy) is 1. The quantitative estimate of drug-likeness (QED) is 0.605. The smallest absolute Gasteiger partial charge is 0.101 e. The molecule has 1 fully saturated rings. The molecule has 0 saturated carbocycles. The van der Waals surface area contributed by atoms with E-state index in [-0.39, 0.29) is 5.60 Å².